The first-order valence-electron chi connectivity index (χ1n) is 31.6. The summed E-state index contributed by atoms with van der Waals surface area (Å²) < 4.78 is 16.8. The van der Waals surface area contributed by atoms with E-state index in [2.05, 4.69) is 191 Å². The van der Waals surface area contributed by atoms with Gasteiger partial charge >= 0.3 is 17.9 Å². The quantitative estimate of drug-likeness (QED) is 0.0261. The topological polar surface area (TPSA) is 78.9 Å². The Bertz CT molecular complexity index is 1820. The highest BCUT2D eigenvalue weighted by atomic mass is 16.6. The summed E-state index contributed by atoms with van der Waals surface area (Å²) in [6, 6.07) is 0. The standard InChI is InChI=1S/C73H114O6/c1-4-7-10-13-16-19-22-25-28-30-32-34-35-36-37-39-40-42-45-48-51-54-57-60-63-66-72(75)78-69-70(68-77-71(74)65-62-59-56-53-50-47-44-27-24-21-18-15-12-9-6-3)79-73(76)67-64-61-58-55-52-49-46-43-41-38-33-31-29-26-23-20-17-14-11-8-5-2/h7,9-10,12,16,18-19,21,23,25-28,31-34,36-37,40-44,48,50-51,53,70H,4-6,8,11,13-15,17,20,22,24,29-30,35,38-39,45-47,49,52,54-69H2,1-3H3/b10-7-,12-9-,19-16-,21-18-,26-23-,28-25-,33-31-,34-32-,37-36-,42-40-,43-41-,44-27-,51-48-,53-50-. The molecule has 1 atom stereocenters. The summed E-state index contributed by atoms with van der Waals surface area (Å²) in [5.74, 6) is -1.01. The maximum atomic E-state index is 12.9. The Labute approximate surface area is 485 Å². The Kier molecular flexibility index (Phi) is 61.0. The van der Waals surface area contributed by atoms with E-state index in [4.69, 9.17) is 14.2 Å². The van der Waals surface area contributed by atoms with Crippen molar-refractivity contribution in [1.82, 2.24) is 0 Å². The summed E-state index contributed by atoms with van der Waals surface area (Å²) in [7, 11) is 0. The van der Waals surface area contributed by atoms with Crippen LogP contribution in [-0.4, -0.2) is 37.2 Å². The first-order valence-corrected chi connectivity index (χ1v) is 31.6. The Balaban J connectivity index is 4.54. The van der Waals surface area contributed by atoms with Crippen LogP contribution < -0.4 is 0 Å². The average molecular weight is 1090 g/mol. The molecule has 0 aromatic rings. The molecule has 0 aliphatic carbocycles. The maximum Gasteiger partial charge on any atom is 0.306 e. The van der Waals surface area contributed by atoms with Crippen molar-refractivity contribution in [3.63, 3.8) is 0 Å². The van der Waals surface area contributed by atoms with Crippen molar-refractivity contribution >= 4 is 17.9 Å². The van der Waals surface area contributed by atoms with Crippen LogP contribution in [0.1, 0.15) is 252 Å². The Morgan fingerprint density at radius 2 is 0.494 bits per heavy atom. The minimum absolute atomic E-state index is 0.123. The molecule has 0 aliphatic rings. The average Bonchev–Trinajstić information content (AvgIpc) is 3.45. The Hall–Kier alpha value is -5.23. The maximum absolute atomic E-state index is 12.9. The molecule has 6 nitrogen and oxygen atoms in total. The molecule has 0 heterocycles. The number of rotatable bonds is 55. The van der Waals surface area contributed by atoms with Gasteiger partial charge in [0.05, 0.1) is 0 Å². The van der Waals surface area contributed by atoms with E-state index >= 15 is 0 Å². The summed E-state index contributed by atoms with van der Waals surface area (Å²) in [4.78, 5) is 38.3. The number of esters is 3. The van der Waals surface area contributed by atoms with Crippen LogP contribution in [0, 0.1) is 0 Å². The minimum atomic E-state index is -0.827. The minimum Gasteiger partial charge on any atom is -0.462 e. The van der Waals surface area contributed by atoms with Gasteiger partial charge in [0, 0.05) is 19.3 Å². The normalized spacial score (nSPS) is 13.3. The van der Waals surface area contributed by atoms with E-state index in [9.17, 15) is 14.4 Å². The van der Waals surface area contributed by atoms with Crippen LogP contribution in [0.4, 0.5) is 0 Å². The van der Waals surface area contributed by atoms with Crippen molar-refractivity contribution in [3.05, 3.63) is 170 Å². The molecule has 6 heteroatoms. The Morgan fingerprint density at radius 1 is 0.266 bits per heavy atom. The molecule has 0 aromatic heterocycles. The van der Waals surface area contributed by atoms with E-state index in [0.29, 0.717) is 12.8 Å². The molecule has 79 heavy (non-hydrogen) atoms. The first-order chi connectivity index (χ1) is 39.0. The van der Waals surface area contributed by atoms with E-state index < -0.39 is 6.10 Å². The molecule has 1 unspecified atom stereocenters. The predicted octanol–water partition coefficient (Wildman–Crippen LogP) is 21.9. The van der Waals surface area contributed by atoms with Crippen LogP contribution in [-0.2, 0) is 28.6 Å². The molecule has 0 spiro atoms. The van der Waals surface area contributed by atoms with Crippen molar-refractivity contribution in [1.29, 1.82) is 0 Å². The lowest BCUT2D eigenvalue weighted by atomic mass is 10.1. The molecule has 0 saturated heterocycles. The first kappa shape index (κ1) is 73.8. The fourth-order valence-corrected chi connectivity index (χ4v) is 8.01. The number of hydrogen-bond donors (Lipinski definition) is 0. The third kappa shape index (κ3) is 63.5. The SMILES string of the molecule is CC/C=C\C/C=C\C/C=C\C/C=C\C/C=C\C/C=C\C/C=C\CCCCCC(=O)OCC(COC(=O)CCCC/C=C\C/C=C\C/C=C\C/C=C\CC)OC(=O)CCCCCCCC/C=C\C/C=C\C/C=C\CCCCCCC. The molecule has 0 aliphatic heterocycles. The highest BCUT2D eigenvalue weighted by Crippen LogP contribution is 2.13. The lowest BCUT2D eigenvalue weighted by Crippen LogP contribution is -2.30. The van der Waals surface area contributed by atoms with Gasteiger partial charge in [-0.1, -0.05) is 249 Å². The monoisotopic (exact) mass is 1090 g/mol. The highest BCUT2D eigenvalue weighted by Gasteiger charge is 2.19. The highest BCUT2D eigenvalue weighted by molar-refractivity contribution is 5.71. The van der Waals surface area contributed by atoms with Gasteiger partial charge in [-0.05, 0) is 154 Å². The van der Waals surface area contributed by atoms with Crippen molar-refractivity contribution in [2.75, 3.05) is 13.2 Å². The summed E-state index contributed by atoms with van der Waals surface area (Å²) in [6.07, 6.45) is 96.4. The molecule has 0 saturated carbocycles. The molecular weight excluding hydrogens is 973 g/mol. The molecular formula is C73H114O6. The molecule has 0 bridgehead atoms. The fourth-order valence-electron chi connectivity index (χ4n) is 8.01. The number of unbranched alkanes of at least 4 members (excludes halogenated alkanes) is 16. The lowest BCUT2D eigenvalue weighted by Gasteiger charge is -2.18. The summed E-state index contributed by atoms with van der Waals surface area (Å²) >= 11 is 0. The van der Waals surface area contributed by atoms with E-state index in [1.807, 2.05) is 0 Å². The Morgan fingerprint density at radius 3 is 0.810 bits per heavy atom. The molecule has 442 valence electrons. The third-order valence-corrected chi connectivity index (χ3v) is 12.7. The molecule has 0 aromatic carbocycles. The van der Waals surface area contributed by atoms with E-state index in [1.54, 1.807) is 0 Å². The van der Waals surface area contributed by atoms with Gasteiger partial charge in [0.1, 0.15) is 13.2 Å². The van der Waals surface area contributed by atoms with Crippen LogP contribution in [0.25, 0.3) is 0 Å². The van der Waals surface area contributed by atoms with Crippen molar-refractivity contribution in [2.45, 2.75) is 258 Å². The van der Waals surface area contributed by atoms with E-state index in [-0.39, 0.29) is 44.0 Å². The van der Waals surface area contributed by atoms with Gasteiger partial charge in [-0.3, -0.25) is 14.4 Å². The smallest absolute Gasteiger partial charge is 0.306 e. The van der Waals surface area contributed by atoms with Gasteiger partial charge in [-0.2, -0.15) is 0 Å². The van der Waals surface area contributed by atoms with Crippen LogP contribution in [0.15, 0.2) is 170 Å². The largest absolute Gasteiger partial charge is 0.462 e. The van der Waals surface area contributed by atoms with Crippen molar-refractivity contribution in [3.8, 4) is 0 Å². The molecule has 0 amide bonds. The van der Waals surface area contributed by atoms with E-state index in [0.717, 1.165) is 154 Å². The molecule has 0 fully saturated rings. The molecule has 0 radical (unpaired) electrons. The number of allylic oxidation sites excluding steroid dienone is 28. The zero-order chi connectivity index (χ0) is 57.1. The molecule has 0 N–H and O–H groups in total. The van der Waals surface area contributed by atoms with Gasteiger partial charge in [-0.15, -0.1) is 0 Å². The van der Waals surface area contributed by atoms with Gasteiger partial charge in [-0.25, -0.2) is 0 Å². The van der Waals surface area contributed by atoms with Crippen LogP contribution in [0.5, 0.6) is 0 Å². The van der Waals surface area contributed by atoms with Crippen molar-refractivity contribution < 1.29 is 28.6 Å². The number of ether oxygens (including phenoxy) is 3. The second-order valence-corrected chi connectivity index (χ2v) is 20.2. The van der Waals surface area contributed by atoms with Gasteiger partial charge in [0.15, 0.2) is 6.10 Å². The molecule has 0 rings (SSSR count). The third-order valence-electron chi connectivity index (χ3n) is 12.7. The van der Waals surface area contributed by atoms with Gasteiger partial charge in [0.2, 0.25) is 0 Å². The van der Waals surface area contributed by atoms with Gasteiger partial charge in [0.25, 0.3) is 0 Å². The van der Waals surface area contributed by atoms with Crippen molar-refractivity contribution in [2.24, 2.45) is 0 Å². The van der Waals surface area contributed by atoms with Crippen LogP contribution >= 0.6 is 0 Å². The predicted molar refractivity (Wildman–Crippen MR) is 343 cm³/mol. The summed E-state index contributed by atoms with van der Waals surface area (Å²) in [5, 5.41) is 0. The van der Waals surface area contributed by atoms with Crippen LogP contribution in [0.3, 0.4) is 0 Å². The summed E-state index contributed by atoms with van der Waals surface area (Å²) in [5.41, 5.74) is 0. The lowest BCUT2D eigenvalue weighted by molar-refractivity contribution is -0.167. The second-order valence-electron chi connectivity index (χ2n) is 20.2. The zero-order valence-corrected chi connectivity index (χ0v) is 50.6. The number of carbonyl (C=O) groups excluding carboxylic acids is 3. The number of carbonyl (C=O) groups is 3. The van der Waals surface area contributed by atoms with Crippen LogP contribution in [0.2, 0.25) is 0 Å². The van der Waals surface area contributed by atoms with E-state index in [1.165, 1.54) is 51.4 Å². The zero-order valence-electron chi connectivity index (χ0n) is 50.6. The second kappa shape index (κ2) is 65.3. The van der Waals surface area contributed by atoms with Gasteiger partial charge < -0.3 is 14.2 Å². The number of hydrogen-bond acceptors (Lipinski definition) is 6. The summed E-state index contributed by atoms with van der Waals surface area (Å²) in [6.45, 7) is 6.32. The fraction of sp³-hybridized carbons (Fsp3) is 0.575.